The summed E-state index contributed by atoms with van der Waals surface area (Å²) in [4.78, 5) is 0. The van der Waals surface area contributed by atoms with Crippen LogP contribution >= 0.6 is 0 Å². The Hall–Kier alpha value is -0.600. The molecule has 0 bridgehead atoms. The second kappa shape index (κ2) is 11.4. The molecule has 0 amide bonds. The minimum absolute atomic E-state index is 0.180. The van der Waals surface area contributed by atoms with Gasteiger partial charge >= 0.3 is 0 Å². The maximum Gasteiger partial charge on any atom is 0.186 e. The van der Waals surface area contributed by atoms with Crippen LogP contribution in [0.4, 0.5) is 0 Å². The summed E-state index contributed by atoms with van der Waals surface area (Å²) in [5.41, 5.74) is 0. The van der Waals surface area contributed by atoms with Crippen molar-refractivity contribution in [2.75, 3.05) is 19.8 Å². The maximum atomic E-state index is 10.2. The van der Waals surface area contributed by atoms with Crippen LogP contribution in [0.1, 0.15) is 6.42 Å². The monoisotopic (exact) mass is 488 g/mol. The summed E-state index contributed by atoms with van der Waals surface area (Å²) < 4.78 is 26.3. The van der Waals surface area contributed by atoms with Crippen LogP contribution in [0.15, 0.2) is 0 Å². The van der Waals surface area contributed by atoms with Gasteiger partial charge in [0.15, 0.2) is 18.9 Å². The van der Waals surface area contributed by atoms with E-state index >= 15 is 0 Å². The molecular weight excluding hydrogens is 456 g/mol. The highest BCUT2D eigenvalue weighted by molar-refractivity contribution is 4.92. The van der Waals surface area contributed by atoms with E-state index in [1.54, 1.807) is 0 Å². The molecule has 0 spiro atoms. The van der Waals surface area contributed by atoms with Gasteiger partial charge in [0.1, 0.15) is 61.0 Å². The van der Waals surface area contributed by atoms with E-state index < -0.39 is 106 Å². The third-order valence-corrected chi connectivity index (χ3v) is 5.92. The van der Waals surface area contributed by atoms with E-state index in [0.717, 1.165) is 0 Å². The summed E-state index contributed by atoms with van der Waals surface area (Å²) in [5.74, 6) is 0. The molecule has 15 heteroatoms. The fourth-order valence-electron chi connectivity index (χ4n) is 3.80. The molecule has 3 saturated heterocycles. The molecule has 0 aromatic carbocycles. The van der Waals surface area contributed by atoms with Crippen LogP contribution in [-0.4, -0.2) is 157 Å². The number of aliphatic hydroxyl groups is 10. The van der Waals surface area contributed by atoms with Crippen molar-refractivity contribution in [1.82, 2.24) is 0 Å². The molecule has 3 fully saturated rings. The van der Waals surface area contributed by atoms with Gasteiger partial charge in [-0.3, -0.25) is 0 Å². The zero-order chi connectivity index (χ0) is 24.4. The highest BCUT2D eigenvalue weighted by atomic mass is 16.7. The van der Waals surface area contributed by atoms with Gasteiger partial charge in [0, 0.05) is 6.42 Å². The lowest BCUT2D eigenvalue weighted by molar-refractivity contribution is -0.337. The Morgan fingerprint density at radius 2 is 1.03 bits per heavy atom. The third-order valence-electron chi connectivity index (χ3n) is 5.92. The number of ether oxygens (including phenoxy) is 5. The molecule has 14 atom stereocenters. The van der Waals surface area contributed by atoms with Gasteiger partial charge in [-0.05, 0) is 0 Å². The molecule has 15 nitrogen and oxygen atoms in total. The largest absolute Gasteiger partial charge is 0.394 e. The average molecular weight is 488 g/mol. The van der Waals surface area contributed by atoms with E-state index in [9.17, 15) is 51.1 Å². The molecule has 0 aromatic heterocycles. The van der Waals surface area contributed by atoms with Crippen LogP contribution < -0.4 is 0 Å². The molecule has 0 saturated carbocycles. The van der Waals surface area contributed by atoms with Gasteiger partial charge in [-0.25, -0.2) is 0 Å². The summed E-state index contributed by atoms with van der Waals surface area (Å²) >= 11 is 0. The number of aliphatic hydroxyl groups excluding tert-OH is 10. The summed E-state index contributed by atoms with van der Waals surface area (Å²) in [6, 6.07) is 0. The molecule has 0 radical (unpaired) electrons. The van der Waals surface area contributed by atoms with Crippen LogP contribution in [0, 0.1) is 0 Å². The summed E-state index contributed by atoms with van der Waals surface area (Å²) in [5, 5.41) is 98.4. The topological polar surface area (TPSA) is 248 Å². The molecule has 3 aliphatic rings. The highest BCUT2D eigenvalue weighted by Crippen LogP contribution is 2.27. The first kappa shape index (κ1) is 27.0. The van der Waals surface area contributed by atoms with Crippen LogP contribution in [0.25, 0.3) is 0 Å². The van der Waals surface area contributed by atoms with E-state index in [-0.39, 0.29) is 6.42 Å². The fourth-order valence-corrected chi connectivity index (χ4v) is 3.80. The Morgan fingerprint density at radius 3 is 1.58 bits per heavy atom. The molecule has 0 aliphatic carbocycles. The molecule has 33 heavy (non-hydrogen) atoms. The van der Waals surface area contributed by atoms with E-state index in [2.05, 4.69) is 0 Å². The van der Waals surface area contributed by atoms with Gasteiger partial charge < -0.3 is 74.7 Å². The van der Waals surface area contributed by atoms with E-state index in [0.29, 0.717) is 0 Å². The van der Waals surface area contributed by atoms with Gasteiger partial charge in [-0.2, -0.15) is 0 Å². The van der Waals surface area contributed by atoms with Crippen LogP contribution in [-0.2, 0) is 23.7 Å². The highest BCUT2D eigenvalue weighted by Gasteiger charge is 2.48. The summed E-state index contributed by atoms with van der Waals surface area (Å²) in [7, 11) is 0. The van der Waals surface area contributed by atoms with Crippen molar-refractivity contribution in [3.05, 3.63) is 0 Å². The first-order valence-electron chi connectivity index (χ1n) is 10.5. The number of hydrogen-bond donors (Lipinski definition) is 10. The Labute approximate surface area is 187 Å². The average Bonchev–Trinajstić information content (AvgIpc) is 2.79. The van der Waals surface area contributed by atoms with E-state index in [1.165, 1.54) is 0 Å². The predicted molar refractivity (Wildman–Crippen MR) is 99.9 cm³/mol. The first-order chi connectivity index (χ1) is 15.5. The van der Waals surface area contributed by atoms with Gasteiger partial charge in [-0.15, -0.1) is 0 Å². The number of rotatable bonds is 7. The van der Waals surface area contributed by atoms with Crippen molar-refractivity contribution in [2.45, 2.75) is 92.4 Å². The Kier molecular flexibility index (Phi) is 9.35. The van der Waals surface area contributed by atoms with Crippen molar-refractivity contribution in [3.63, 3.8) is 0 Å². The van der Waals surface area contributed by atoms with Crippen LogP contribution in [0.5, 0.6) is 0 Å². The minimum Gasteiger partial charge on any atom is -0.394 e. The summed E-state index contributed by atoms with van der Waals surface area (Å²) in [6.07, 6.45) is -20.9. The standard InChI is InChI=1S/C18H32O15/c19-2-7-10(22)12(24)14(26)17(32-7)30-4-9-11(23)13(25)15(27)18(33-9)29-3-8-5(20)1-6(21)16(28)31-8/h5-28H,1-4H2/t5-,6+,7+,8+,9+,10+,11+,12-,13-,14+,15+,16-,17-,18-/m0/s1. The maximum absolute atomic E-state index is 10.2. The van der Waals surface area contributed by atoms with Crippen LogP contribution in [0.2, 0.25) is 0 Å². The predicted octanol–water partition coefficient (Wildman–Crippen LogP) is -6.54. The van der Waals surface area contributed by atoms with E-state index in [1.807, 2.05) is 0 Å². The van der Waals surface area contributed by atoms with Crippen LogP contribution in [0.3, 0.4) is 0 Å². The Bertz CT molecular complexity index is 609. The lowest BCUT2D eigenvalue weighted by Crippen LogP contribution is -2.62. The van der Waals surface area contributed by atoms with Crippen molar-refractivity contribution >= 4 is 0 Å². The molecule has 3 heterocycles. The fraction of sp³-hybridized carbons (Fsp3) is 1.00. The Morgan fingerprint density at radius 1 is 0.545 bits per heavy atom. The second-order valence-corrected chi connectivity index (χ2v) is 8.31. The van der Waals surface area contributed by atoms with Gasteiger partial charge in [-0.1, -0.05) is 0 Å². The normalized spacial score (nSPS) is 51.5. The Balaban J connectivity index is 1.56. The van der Waals surface area contributed by atoms with Gasteiger partial charge in [0.05, 0.1) is 25.9 Å². The molecule has 3 aliphatic heterocycles. The van der Waals surface area contributed by atoms with Gasteiger partial charge in [0.25, 0.3) is 0 Å². The van der Waals surface area contributed by atoms with Crippen molar-refractivity contribution in [1.29, 1.82) is 0 Å². The summed E-state index contributed by atoms with van der Waals surface area (Å²) in [6.45, 7) is -1.61. The molecule has 194 valence electrons. The molecule has 0 unspecified atom stereocenters. The zero-order valence-electron chi connectivity index (χ0n) is 17.4. The quantitative estimate of drug-likeness (QED) is 0.160. The van der Waals surface area contributed by atoms with Crippen molar-refractivity contribution in [2.24, 2.45) is 0 Å². The smallest absolute Gasteiger partial charge is 0.186 e. The zero-order valence-corrected chi connectivity index (χ0v) is 17.4. The van der Waals surface area contributed by atoms with E-state index in [4.69, 9.17) is 23.7 Å². The first-order valence-corrected chi connectivity index (χ1v) is 10.5. The second-order valence-electron chi connectivity index (χ2n) is 8.31. The minimum atomic E-state index is -1.74. The molecule has 0 aromatic rings. The molecule has 3 rings (SSSR count). The van der Waals surface area contributed by atoms with Gasteiger partial charge in [0.2, 0.25) is 0 Å². The lowest BCUT2D eigenvalue weighted by atomic mass is 9.98. The lowest BCUT2D eigenvalue weighted by Gasteiger charge is -2.43. The SMILES string of the molecule is OC[C@H]1O[C@H](OC[C@H]2O[C@H](OC[C@H]3O[C@H](O)[C@H](O)C[C@@H]3O)[C@H](O)[C@@H](O)[C@@H]2O)[C@H](O)[C@@H](O)[C@@H]1O. The molecule has 10 N–H and O–H groups in total. The molecular formula is C18H32O15. The number of hydrogen-bond acceptors (Lipinski definition) is 15. The van der Waals surface area contributed by atoms with Crippen molar-refractivity contribution < 1.29 is 74.7 Å². The third kappa shape index (κ3) is 5.97. The van der Waals surface area contributed by atoms with Crippen molar-refractivity contribution in [3.8, 4) is 0 Å².